The van der Waals surface area contributed by atoms with Gasteiger partial charge in [0.15, 0.2) is 0 Å². The minimum atomic E-state index is -0.294. The van der Waals surface area contributed by atoms with Crippen LogP contribution in [0.5, 0.6) is 11.5 Å². The summed E-state index contributed by atoms with van der Waals surface area (Å²) in [7, 11) is 0. The van der Waals surface area contributed by atoms with Crippen molar-refractivity contribution in [2.45, 2.75) is 32.6 Å². The van der Waals surface area contributed by atoms with Crippen molar-refractivity contribution in [2.75, 3.05) is 6.54 Å². The Labute approximate surface area is 125 Å². The van der Waals surface area contributed by atoms with E-state index in [9.17, 15) is 4.39 Å². The van der Waals surface area contributed by atoms with Crippen molar-refractivity contribution < 1.29 is 9.13 Å². The molecular formula is C18H22FNO. The van der Waals surface area contributed by atoms with Crippen LogP contribution in [0.15, 0.2) is 42.5 Å². The molecule has 3 heteroatoms. The highest BCUT2D eigenvalue weighted by Crippen LogP contribution is 2.32. The van der Waals surface area contributed by atoms with Crippen molar-refractivity contribution in [3.63, 3.8) is 0 Å². The summed E-state index contributed by atoms with van der Waals surface area (Å²) in [5, 5.41) is 0. The molecule has 0 aliphatic heterocycles. The third-order valence-electron chi connectivity index (χ3n) is 3.65. The second-order valence-electron chi connectivity index (χ2n) is 5.28. The van der Waals surface area contributed by atoms with Gasteiger partial charge in [0.25, 0.3) is 0 Å². The molecule has 0 saturated heterocycles. The van der Waals surface area contributed by atoms with Crippen molar-refractivity contribution in [3.05, 3.63) is 59.4 Å². The van der Waals surface area contributed by atoms with Gasteiger partial charge in [-0.2, -0.15) is 0 Å². The summed E-state index contributed by atoms with van der Waals surface area (Å²) in [5.41, 5.74) is 7.53. The fraction of sp³-hybridized carbons (Fsp3) is 0.333. The van der Waals surface area contributed by atoms with E-state index < -0.39 is 0 Å². The molecule has 1 unspecified atom stereocenters. The summed E-state index contributed by atoms with van der Waals surface area (Å²) in [6.45, 7) is 4.79. The molecule has 0 aliphatic rings. The standard InChI is InChI=1S/C18H22FNO/c1-3-13(2)17-6-4-5-7-18(17)21-16-11-14(8-9-20)10-15(19)12-16/h4-7,10-13H,3,8-9,20H2,1-2H3. The van der Waals surface area contributed by atoms with Crippen LogP contribution < -0.4 is 10.5 Å². The summed E-state index contributed by atoms with van der Waals surface area (Å²) >= 11 is 0. The number of ether oxygens (including phenoxy) is 1. The van der Waals surface area contributed by atoms with Gasteiger partial charge in [0.05, 0.1) is 0 Å². The van der Waals surface area contributed by atoms with E-state index in [2.05, 4.69) is 19.9 Å². The average molecular weight is 287 g/mol. The molecule has 0 radical (unpaired) electrons. The van der Waals surface area contributed by atoms with Crippen molar-refractivity contribution in [1.82, 2.24) is 0 Å². The molecule has 0 spiro atoms. The topological polar surface area (TPSA) is 35.2 Å². The molecule has 0 aromatic heterocycles. The van der Waals surface area contributed by atoms with Crippen LogP contribution in [0.1, 0.15) is 37.3 Å². The van der Waals surface area contributed by atoms with E-state index in [1.54, 1.807) is 0 Å². The number of nitrogens with two attached hydrogens (primary N) is 1. The average Bonchev–Trinajstić information content (AvgIpc) is 2.47. The molecule has 2 rings (SSSR count). The Balaban J connectivity index is 2.30. The van der Waals surface area contributed by atoms with Gasteiger partial charge in [0.2, 0.25) is 0 Å². The van der Waals surface area contributed by atoms with Crippen molar-refractivity contribution in [2.24, 2.45) is 5.73 Å². The molecule has 21 heavy (non-hydrogen) atoms. The smallest absolute Gasteiger partial charge is 0.130 e. The van der Waals surface area contributed by atoms with Crippen molar-refractivity contribution in [3.8, 4) is 11.5 Å². The van der Waals surface area contributed by atoms with Gasteiger partial charge in [0, 0.05) is 6.07 Å². The van der Waals surface area contributed by atoms with Gasteiger partial charge < -0.3 is 10.5 Å². The quantitative estimate of drug-likeness (QED) is 0.840. The van der Waals surface area contributed by atoms with E-state index in [-0.39, 0.29) is 5.82 Å². The fourth-order valence-electron chi connectivity index (χ4n) is 2.32. The zero-order valence-corrected chi connectivity index (χ0v) is 12.6. The van der Waals surface area contributed by atoms with Gasteiger partial charge in [-0.25, -0.2) is 4.39 Å². The van der Waals surface area contributed by atoms with E-state index in [0.717, 1.165) is 23.3 Å². The van der Waals surface area contributed by atoms with Crippen LogP contribution in [0.25, 0.3) is 0 Å². The molecular weight excluding hydrogens is 265 g/mol. The summed E-state index contributed by atoms with van der Waals surface area (Å²) in [4.78, 5) is 0. The minimum Gasteiger partial charge on any atom is -0.457 e. The summed E-state index contributed by atoms with van der Waals surface area (Å²) < 4.78 is 19.6. The molecule has 0 heterocycles. The highest BCUT2D eigenvalue weighted by atomic mass is 19.1. The van der Waals surface area contributed by atoms with E-state index in [0.29, 0.717) is 24.6 Å². The van der Waals surface area contributed by atoms with Gasteiger partial charge in [-0.15, -0.1) is 0 Å². The predicted octanol–water partition coefficient (Wildman–Crippen LogP) is 4.63. The number of benzene rings is 2. The Bertz CT molecular complexity index is 598. The third kappa shape index (κ3) is 4.05. The molecule has 2 nitrogen and oxygen atoms in total. The molecule has 0 amide bonds. The van der Waals surface area contributed by atoms with Gasteiger partial charge in [-0.1, -0.05) is 32.0 Å². The third-order valence-corrected chi connectivity index (χ3v) is 3.65. The zero-order chi connectivity index (χ0) is 15.2. The minimum absolute atomic E-state index is 0.294. The van der Waals surface area contributed by atoms with E-state index >= 15 is 0 Å². The summed E-state index contributed by atoms with van der Waals surface area (Å²) in [5.74, 6) is 1.42. The van der Waals surface area contributed by atoms with E-state index in [1.807, 2.05) is 24.3 Å². The SMILES string of the molecule is CCC(C)c1ccccc1Oc1cc(F)cc(CCN)c1. The number of halogens is 1. The molecule has 0 aliphatic carbocycles. The molecule has 112 valence electrons. The number of hydrogen-bond donors (Lipinski definition) is 1. The maximum Gasteiger partial charge on any atom is 0.130 e. The number of rotatable bonds is 6. The van der Waals surface area contributed by atoms with Crippen LogP contribution >= 0.6 is 0 Å². The molecule has 0 bridgehead atoms. The van der Waals surface area contributed by atoms with Gasteiger partial charge >= 0.3 is 0 Å². The Morgan fingerprint density at radius 2 is 1.95 bits per heavy atom. The van der Waals surface area contributed by atoms with Gasteiger partial charge in [0.1, 0.15) is 17.3 Å². The van der Waals surface area contributed by atoms with Crippen molar-refractivity contribution in [1.29, 1.82) is 0 Å². The second kappa shape index (κ2) is 7.23. The molecule has 0 saturated carbocycles. The fourth-order valence-corrected chi connectivity index (χ4v) is 2.32. The van der Waals surface area contributed by atoms with Crippen LogP contribution in [0.4, 0.5) is 4.39 Å². The van der Waals surface area contributed by atoms with Crippen LogP contribution in [0, 0.1) is 5.82 Å². The van der Waals surface area contributed by atoms with Crippen molar-refractivity contribution >= 4 is 0 Å². The highest BCUT2D eigenvalue weighted by Gasteiger charge is 2.11. The highest BCUT2D eigenvalue weighted by molar-refractivity contribution is 5.41. The maximum absolute atomic E-state index is 13.7. The Morgan fingerprint density at radius 3 is 2.67 bits per heavy atom. The Kier molecular flexibility index (Phi) is 5.34. The largest absolute Gasteiger partial charge is 0.457 e. The summed E-state index contributed by atoms with van der Waals surface area (Å²) in [6, 6.07) is 12.7. The monoisotopic (exact) mass is 287 g/mol. The first-order chi connectivity index (χ1) is 10.1. The Hall–Kier alpha value is -1.87. The molecule has 2 N–H and O–H groups in total. The summed E-state index contributed by atoms with van der Waals surface area (Å²) in [6.07, 6.45) is 1.67. The lowest BCUT2D eigenvalue weighted by Crippen LogP contribution is -2.03. The normalized spacial score (nSPS) is 12.2. The lowest BCUT2D eigenvalue weighted by atomic mass is 9.98. The van der Waals surface area contributed by atoms with E-state index in [1.165, 1.54) is 12.1 Å². The lowest BCUT2D eigenvalue weighted by Gasteiger charge is -2.16. The zero-order valence-electron chi connectivity index (χ0n) is 12.6. The van der Waals surface area contributed by atoms with Crippen LogP contribution in [0.2, 0.25) is 0 Å². The molecule has 2 aromatic rings. The molecule has 2 aromatic carbocycles. The van der Waals surface area contributed by atoms with Crippen LogP contribution in [-0.4, -0.2) is 6.54 Å². The van der Waals surface area contributed by atoms with E-state index in [4.69, 9.17) is 10.5 Å². The number of para-hydroxylation sites is 1. The maximum atomic E-state index is 13.7. The van der Waals surface area contributed by atoms with Gasteiger partial charge in [-0.3, -0.25) is 0 Å². The Morgan fingerprint density at radius 1 is 1.19 bits per heavy atom. The predicted molar refractivity (Wildman–Crippen MR) is 84.4 cm³/mol. The van der Waals surface area contributed by atoms with Crippen LogP contribution in [-0.2, 0) is 6.42 Å². The molecule has 0 fully saturated rings. The van der Waals surface area contributed by atoms with Crippen LogP contribution in [0.3, 0.4) is 0 Å². The van der Waals surface area contributed by atoms with Gasteiger partial charge in [-0.05, 0) is 54.6 Å². The molecule has 1 atom stereocenters. The first-order valence-electron chi connectivity index (χ1n) is 7.40. The lowest BCUT2D eigenvalue weighted by molar-refractivity contribution is 0.464. The first-order valence-corrected chi connectivity index (χ1v) is 7.40. The first kappa shape index (κ1) is 15.5. The number of hydrogen-bond acceptors (Lipinski definition) is 2. The second-order valence-corrected chi connectivity index (χ2v) is 5.28.